The number of nitrogens with zero attached hydrogens (tertiary/aromatic N) is 1. The number of rotatable bonds is 4. The van der Waals surface area contributed by atoms with E-state index in [0.29, 0.717) is 18.0 Å². The van der Waals surface area contributed by atoms with Crippen LogP contribution in [0.25, 0.3) is 0 Å². The minimum Gasteiger partial charge on any atom is -0.329 e. The first-order chi connectivity index (χ1) is 11.4. The number of benzene rings is 2. The van der Waals surface area contributed by atoms with Gasteiger partial charge in [0.2, 0.25) is 10.0 Å². The highest BCUT2D eigenvalue weighted by molar-refractivity contribution is 9.10. The van der Waals surface area contributed by atoms with Gasteiger partial charge in [0.15, 0.2) is 0 Å². The molecular formula is C18H22BrN2O2S+. The monoisotopic (exact) mass is 409 g/mol. The molecule has 0 unspecified atom stereocenters. The molecule has 0 aliphatic carbocycles. The third-order valence-corrected chi connectivity index (χ3v) is 6.83. The molecule has 24 heavy (non-hydrogen) atoms. The Morgan fingerprint density at radius 1 is 1.08 bits per heavy atom. The minimum absolute atomic E-state index is 0.360. The molecule has 2 aromatic rings. The zero-order valence-electron chi connectivity index (χ0n) is 13.7. The normalized spacial score (nSPS) is 17.1. The van der Waals surface area contributed by atoms with E-state index in [0.717, 1.165) is 24.1 Å². The maximum atomic E-state index is 12.7. The van der Waals surface area contributed by atoms with E-state index >= 15 is 0 Å². The van der Waals surface area contributed by atoms with Crippen molar-refractivity contribution in [1.29, 1.82) is 0 Å². The Kier molecular flexibility index (Phi) is 5.39. The van der Waals surface area contributed by atoms with Crippen LogP contribution in [-0.2, 0) is 16.6 Å². The van der Waals surface area contributed by atoms with Gasteiger partial charge in [-0.25, -0.2) is 8.42 Å². The van der Waals surface area contributed by atoms with E-state index in [4.69, 9.17) is 0 Å². The lowest BCUT2D eigenvalue weighted by Gasteiger charge is -2.31. The Bertz CT molecular complexity index is 798. The van der Waals surface area contributed by atoms with Crippen molar-refractivity contribution in [2.24, 2.45) is 0 Å². The predicted molar refractivity (Wildman–Crippen MR) is 98.5 cm³/mol. The number of quaternary nitrogens is 1. The summed E-state index contributed by atoms with van der Waals surface area (Å²) in [6.45, 7) is 5.83. The van der Waals surface area contributed by atoms with Gasteiger partial charge in [-0.15, -0.1) is 0 Å². The fraction of sp³-hybridized carbons (Fsp3) is 0.333. The van der Waals surface area contributed by atoms with Crippen LogP contribution in [0, 0.1) is 6.92 Å². The number of hydrogen-bond acceptors (Lipinski definition) is 2. The van der Waals surface area contributed by atoms with Gasteiger partial charge in [0.25, 0.3) is 0 Å². The molecule has 0 aromatic heterocycles. The second-order valence-corrected chi connectivity index (χ2v) is 9.13. The van der Waals surface area contributed by atoms with E-state index in [1.807, 2.05) is 6.07 Å². The molecule has 1 heterocycles. The van der Waals surface area contributed by atoms with Gasteiger partial charge in [0, 0.05) is 10.0 Å². The van der Waals surface area contributed by atoms with E-state index in [9.17, 15) is 8.42 Å². The Morgan fingerprint density at radius 2 is 1.75 bits per heavy atom. The molecule has 128 valence electrons. The number of halogens is 1. The van der Waals surface area contributed by atoms with Crippen LogP contribution in [0.3, 0.4) is 0 Å². The first-order valence-electron chi connectivity index (χ1n) is 8.10. The summed E-state index contributed by atoms with van der Waals surface area (Å²) in [5.74, 6) is 0. The topological polar surface area (TPSA) is 41.8 Å². The van der Waals surface area contributed by atoms with Crippen molar-refractivity contribution in [2.75, 3.05) is 26.2 Å². The van der Waals surface area contributed by atoms with Crippen LogP contribution in [0.5, 0.6) is 0 Å². The van der Waals surface area contributed by atoms with Crippen LogP contribution >= 0.6 is 15.9 Å². The Balaban J connectivity index is 1.63. The first kappa shape index (κ1) is 17.6. The molecule has 4 nitrogen and oxygen atoms in total. The summed E-state index contributed by atoms with van der Waals surface area (Å²) in [6.07, 6.45) is 0. The zero-order valence-corrected chi connectivity index (χ0v) is 16.1. The molecule has 1 fully saturated rings. The number of aryl methyl sites for hydroxylation is 1. The van der Waals surface area contributed by atoms with Crippen molar-refractivity contribution in [2.45, 2.75) is 18.4 Å². The first-order valence-corrected chi connectivity index (χ1v) is 10.3. The van der Waals surface area contributed by atoms with Crippen molar-refractivity contribution in [3.05, 3.63) is 64.1 Å². The van der Waals surface area contributed by atoms with Gasteiger partial charge in [-0.05, 0) is 25.1 Å². The van der Waals surface area contributed by atoms with Crippen molar-refractivity contribution in [3.63, 3.8) is 0 Å². The molecule has 0 spiro atoms. The second kappa shape index (κ2) is 7.35. The lowest BCUT2D eigenvalue weighted by atomic mass is 10.1. The standard InChI is InChI=1S/C18H21BrN2O2S/c1-15-5-7-16(8-6-15)14-20-9-11-21(12-10-20)24(22,23)18-4-2-3-17(19)13-18/h2-8,13H,9-12,14H2,1H3/p+1. The van der Waals surface area contributed by atoms with Crippen molar-refractivity contribution >= 4 is 26.0 Å². The molecule has 0 atom stereocenters. The van der Waals surface area contributed by atoms with E-state index in [1.54, 1.807) is 22.5 Å². The van der Waals surface area contributed by atoms with Crippen LogP contribution in [0.4, 0.5) is 0 Å². The van der Waals surface area contributed by atoms with E-state index in [-0.39, 0.29) is 0 Å². The summed E-state index contributed by atoms with van der Waals surface area (Å²) in [5.41, 5.74) is 2.57. The van der Waals surface area contributed by atoms with E-state index in [2.05, 4.69) is 47.1 Å². The number of nitrogens with one attached hydrogen (secondary N) is 1. The highest BCUT2D eigenvalue weighted by Gasteiger charge is 2.30. The van der Waals surface area contributed by atoms with Crippen molar-refractivity contribution in [1.82, 2.24) is 4.31 Å². The molecule has 6 heteroatoms. The van der Waals surface area contributed by atoms with Gasteiger partial charge in [0.05, 0.1) is 31.1 Å². The average Bonchev–Trinajstić information content (AvgIpc) is 2.57. The van der Waals surface area contributed by atoms with Crippen molar-refractivity contribution < 1.29 is 13.3 Å². The largest absolute Gasteiger partial charge is 0.329 e. The molecule has 1 aliphatic heterocycles. The van der Waals surface area contributed by atoms with Crippen LogP contribution < -0.4 is 4.90 Å². The molecule has 1 saturated heterocycles. The molecule has 1 N–H and O–H groups in total. The molecule has 0 radical (unpaired) electrons. The fourth-order valence-electron chi connectivity index (χ4n) is 2.99. The summed E-state index contributed by atoms with van der Waals surface area (Å²) in [4.78, 5) is 1.79. The Labute approximate surface area is 152 Å². The SMILES string of the molecule is Cc1ccc(C[NH+]2CCN(S(=O)(=O)c3cccc(Br)c3)CC2)cc1. The maximum Gasteiger partial charge on any atom is 0.243 e. The smallest absolute Gasteiger partial charge is 0.243 e. The van der Waals surface area contributed by atoms with E-state index < -0.39 is 10.0 Å². The lowest BCUT2D eigenvalue weighted by molar-refractivity contribution is -0.917. The van der Waals surface area contributed by atoms with Gasteiger partial charge in [-0.2, -0.15) is 4.31 Å². The molecule has 0 saturated carbocycles. The number of sulfonamides is 1. The zero-order chi connectivity index (χ0) is 17.2. The molecule has 3 rings (SSSR count). The van der Waals surface area contributed by atoms with Crippen LogP contribution in [-0.4, -0.2) is 38.9 Å². The Morgan fingerprint density at radius 3 is 2.38 bits per heavy atom. The van der Waals surface area contributed by atoms with Gasteiger partial charge in [-0.3, -0.25) is 0 Å². The highest BCUT2D eigenvalue weighted by atomic mass is 79.9. The predicted octanol–water partition coefficient (Wildman–Crippen LogP) is 1.85. The number of hydrogen-bond donors (Lipinski definition) is 1. The summed E-state index contributed by atoms with van der Waals surface area (Å²) >= 11 is 3.34. The van der Waals surface area contributed by atoms with Crippen LogP contribution in [0.1, 0.15) is 11.1 Å². The molecule has 0 bridgehead atoms. The van der Waals surface area contributed by atoms with E-state index in [1.165, 1.54) is 16.0 Å². The number of piperazine rings is 1. The highest BCUT2D eigenvalue weighted by Crippen LogP contribution is 2.19. The Hall–Kier alpha value is -1.21. The summed E-state index contributed by atoms with van der Waals surface area (Å²) in [6, 6.07) is 15.5. The molecule has 2 aromatic carbocycles. The van der Waals surface area contributed by atoms with Gasteiger partial charge >= 0.3 is 0 Å². The lowest BCUT2D eigenvalue weighted by Crippen LogP contribution is -3.13. The maximum absolute atomic E-state index is 12.7. The van der Waals surface area contributed by atoms with Gasteiger partial charge in [0.1, 0.15) is 6.54 Å². The fourth-order valence-corrected chi connectivity index (χ4v) is 5.03. The minimum atomic E-state index is -3.40. The van der Waals surface area contributed by atoms with Crippen LogP contribution in [0.2, 0.25) is 0 Å². The van der Waals surface area contributed by atoms with Crippen molar-refractivity contribution in [3.8, 4) is 0 Å². The van der Waals surface area contributed by atoms with Gasteiger partial charge in [-0.1, -0.05) is 51.8 Å². The third kappa shape index (κ3) is 4.06. The second-order valence-electron chi connectivity index (χ2n) is 6.27. The molecule has 1 aliphatic rings. The molecular weight excluding hydrogens is 388 g/mol. The molecule has 0 amide bonds. The van der Waals surface area contributed by atoms with Gasteiger partial charge < -0.3 is 4.90 Å². The average molecular weight is 410 g/mol. The summed E-state index contributed by atoms with van der Waals surface area (Å²) in [5, 5.41) is 0. The summed E-state index contributed by atoms with van der Waals surface area (Å²) in [7, 11) is -3.40. The summed E-state index contributed by atoms with van der Waals surface area (Å²) < 4.78 is 27.9. The van der Waals surface area contributed by atoms with Crippen LogP contribution in [0.15, 0.2) is 57.9 Å². The third-order valence-electron chi connectivity index (χ3n) is 4.44. The quantitative estimate of drug-likeness (QED) is 0.836.